The van der Waals surface area contributed by atoms with Gasteiger partial charge in [-0.05, 0) is 38.3 Å². The zero-order valence-corrected chi connectivity index (χ0v) is 12.8. The molecular formula is C14H17N3O3S. The highest BCUT2D eigenvalue weighted by Crippen LogP contribution is 2.28. The van der Waals surface area contributed by atoms with Gasteiger partial charge in [0.2, 0.25) is 0 Å². The minimum atomic E-state index is -0.952. The first-order chi connectivity index (χ1) is 9.91. The van der Waals surface area contributed by atoms with Crippen molar-refractivity contribution in [3.8, 4) is 0 Å². The van der Waals surface area contributed by atoms with Crippen LogP contribution in [0.5, 0.6) is 0 Å². The van der Waals surface area contributed by atoms with Crippen molar-refractivity contribution in [1.82, 2.24) is 15.5 Å². The summed E-state index contributed by atoms with van der Waals surface area (Å²) in [5.41, 5.74) is 0.147. The number of aryl methyl sites for hydroxylation is 2. The van der Waals surface area contributed by atoms with E-state index in [0.717, 1.165) is 10.4 Å². The molecule has 2 fully saturated rings. The van der Waals surface area contributed by atoms with Gasteiger partial charge in [0.25, 0.3) is 11.8 Å². The molecule has 0 aliphatic carbocycles. The number of hydrogen-bond donors (Lipinski definition) is 2. The van der Waals surface area contributed by atoms with E-state index in [4.69, 9.17) is 0 Å². The zero-order chi connectivity index (χ0) is 15.2. The van der Waals surface area contributed by atoms with Crippen LogP contribution < -0.4 is 10.6 Å². The van der Waals surface area contributed by atoms with Gasteiger partial charge in [-0.15, -0.1) is 11.3 Å². The highest BCUT2D eigenvalue weighted by molar-refractivity contribution is 7.14. The van der Waals surface area contributed by atoms with Gasteiger partial charge >= 0.3 is 6.03 Å². The quantitative estimate of drug-likeness (QED) is 0.765. The standard InChI is InChI=1S/C14H17N3O3S/c1-8-6-10(21-9(8)2)11(18)17-5-3-4-14(7-17)12(19)15-13(20)16-14/h6H,3-5,7H2,1-2H3,(H2,15,16,19,20). The number of rotatable bonds is 1. The third kappa shape index (κ3) is 2.31. The number of likely N-dealkylation sites (tertiary alicyclic amines) is 1. The van der Waals surface area contributed by atoms with Crippen LogP contribution in [0.25, 0.3) is 0 Å². The molecule has 4 amide bonds. The first-order valence-electron chi connectivity index (χ1n) is 6.91. The molecule has 0 bridgehead atoms. The van der Waals surface area contributed by atoms with Crippen LogP contribution in [0.15, 0.2) is 6.07 Å². The van der Waals surface area contributed by atoms with Crippen LogP contribution in [0, 0.1) is 13.8 Å². The summed E-state index contributed by atoms with van der Waals surface area (Å²) in [4.78, 5) is 39.4. The number of nitrogens with zero attached hydrogens (tertiary/aromatic N) is 1. The van der Waals surface area contributed by atoms with Gasteiger partial charge in [0.15, 0.2) is 0 Å². The number of thiophene rings is 1. The molecule has 1 aromatic rings. The molecule has 7 heteroatoms. The summed E-state index contributed by atoms with van der Waals surface area (Å²) >= 11 is 1.47. The average Bonchev–Trinajstić information content (AvgIpc) is 2.90. The molecule has 3 rings (SSSR count). The van der Waals surface area contributed by atoms with Gasteiger partial charge in [0.05, 0.1) is 11.4 Å². The first-order valence-corrected chi connectivity index (χ1v) is 7.73. The lowest BCUT2D eigenvalue weighted by Gasteiger charge is -2.37. The highest BCUT2D eigenvalue weighted by atomic mass is 32.1. The molecule has 2 aliphatic heterocycles. The summed E-state index contributed by atoms with van der Waals surface area (Å²) < 4.78 is 0. The third-order valence-electron chi connectivity index (χ3n) is 4.17. The fourth-order valence-electron chi connectivity index (χ4n) is 2.88. The molecule has 21 heavy (non-hydrogen) atoms. The number of carbonyl (C=O) groups excluding carboxylic acids is 3. The average molecular weight is 307 g/mol. The van der Waals surface area contributed by atoms with E-state index in [2.05, 4.69) is 10.6 Å². The van der Waals surface area contributed by atoms with Crippen molar-refractivity contribution < 1.29 is 14.4 Å². The molecule has 1 spiro atoms. The van der Waals surface area contributed by atoms with Gasteiger partial charge in [-0.2, -0.15) is 0 Å². The Morgan fingerprint density at radius 1 is 1.38 bits per heavy atom. The van der Waals surface area contributed by atoms with E-state index in [0.29, 0.717) is 24.3 Å². The number of amides is 4. The molecule has 0 aromatic carbocycles. The predicted octanol–water partition coefficient (Wildman–Crippen LogP) is 1.18. The van der Waals surface area contributed by atoms with E-state index in [1.807, 2.05) is 19.9 Å². The lowest BCUT2D eigenvalue weighted by molar-refractivity contribution is -0.125. The predicted molar refractivity (Wildman–Crippen MR) is 78.3 cm³/mol. The highest BCUT2D eigenvalue weighted by Gasteiger charge is 2.49. The van der Waals surface area contributed by atoms with Crippen LogP contribution in [0.1, 0.15) is 33.0 Å². The van der Waals surface area contributed by atoms with E-state index in [9.17, 15) is 14.4 Å². The van der Waals surface area contributed by atoms with Gasteiger partial charge in [0.1, 0.15) is 5.54 Å². The van der Waals surface area contributed by atoms with Gasteiger partial charge in [-0.25, -0.2) is 4.79 Å². The van der Waals surface area contributed by atoms with Crippen molar-refractivity contribution in [2.75, 3.05) is 13.1 Å². The Kier molecular flexibility index (Phi) is 3.24. The van der Waals surface area contributed by atoms with Crippen LogP contribution in [0.4, 0.5) is 4.79 Å². The third-order valence-corrected chi connectivity index (χ3v) is 5.31. The minimum Gasteiger partial charge on any atom is -0.335 e. The number of carbonyl (C=O) groups is 3. The monoisotopic (exact) mass is 307 g/mol. The maximum atomic E-state index is 12.6. The Morgan fingerprint density at radius 3 is 2.71 bits per heavy atom. The molecule has 3 heterocycles. The number of urea groups is 1. The summed E-state index contributed by atoms with van der Waals surface area (Å²) in [5, 5.41) is 4.95. The molecular weight excluding hydrogens is 290 g/mol. The van der Waals surface area contributed by atoms with Crippen molar-refractivity contribution >= 4 is 29.2 Å². The number of hydrogen-bond acceptors (Lipinski definition) is 4. The molecule has 1 aromatic heterocycles. The second-order valence-electron chi connectivity index (χ2n) is 5.67. The Bertz CT molecular complexity index is 620. The van der Waals surface area contributed by atoms with Crippen molar-refractivity contribution in [3.63, 3.8) is 0 Å². The normalized spacial score (nSPS) is 25.1. The van der Waals surface area contributed by atoms with E-state index in [-0.39, 0.29) is 18.4 Å². The summed E-state index contributed by atoms with van der Waals surface area (Å²) in [6, 6.07) is 1.41. The van der Waals surface area contributed by atoms with E-state index in [1.165, 1.54) is 11.3 Å². The van der Waals surface area contributed by atoms with Crippen molar-refractivity contribution in [1.29, 1.82) is 0 Å². The number of imide groups is 1. The van der Waals surface area contributed by atoms with Crippen molar-refractivity contribution in [2.24, 2.45) is 0 Å². The SMILES string of the molecule is Cc1cc(C(=O)N2CCCC3(C2)NC(=O)NC3=O)sc1C. The van der Waals surface area contributed by atoms with Crippen LogP contribution in [-0.4, -0.2) is 41.4 Å². The Hall–Kier alpha value is -1.89. The summed E-state index contributed by atoms with van der Waals surface area (Å²) in [6.07, 6.45) is 1.26. The molecule has 2 saturated heterocycles. The molecule has 0 radical (unpaired) electrons. The number of nitrogens with one attached hydrogen (secondary N) is 2. The van der Waals surface area contributed by atoms with E-state index < -0.39 is 11.6 Å². The second-order valence-corrected chi connectivity index (χ2v) is 6.93. The van der Waals surface area contributed by atoms with Gasteiger partial charge in [0, 0.05) is 11.4 Å². The largest absolute Gasteiger partial charge is 0.335 e. The minimum absolute atomic E-state index is 0.0655. The maximum absolute atomic E-state index is 12.6. The fourth-order valence-corrected chi connectivity index (χ4v) is 3.88. The van der Waals surface area contributed by atoms with Gasteiger partial charge in [-0.1, -0.05) is 0 Å². The Morgan fingerprint density at radius 2 is 2.14 bits per heavy atom. The van der Waals surface area contributed by atoms with E-state index >= 15 is 0 Å². The first kappa shape index (κ1) is 14.1. The van der Waals surface area contributed by atoms with E-state index in [1.54, 1.807) is 4.90 Å². The lowest BCUT2D eigenvalue weighted by Crippen LogP contribution is -2.59. The Balaban J connectivity index is 1.82. The Labute approximate surface area is 126 Å². The van der Waals surface area contributed by atoms with Crippen LogP contribution >= 0.6 is 11.3 Å². The lowest BCUT2D eigenvalue weighted by atomic mass is 9.89. The second kappa shape index (κ2) is 4.84. The smallest absolute Gasteiger partial charge is 0.322 e. The van der Waals surface area contributed by atoms with Gasteiger partial charge in [-0.3, -0.25) is 14.9 Å². The maximum Gasteiger partial charge on any atom is 0.322 e. The summed E-state index contributed by atoms with van der Waals surface area (Å²) in [6.45, 7) is 4.81. The molecule has 1 atom stereocenters. The number of piperidine rings is 1. The molecule has 2 N–H and O–H groups in total. The summed E-state index contributed by atoms with van der Waals surface area (Å²) in [5.74, 6) is -0.396. The molecule has 1 unspecified atom stereocenters. The van der Waals surface area contributed by atoms with Gasteiger partial charge < -0.3 is 10.2 Å². The van der Waals surface area contributed by atoms with Crippen LogP contribution in [-0.2, 0) is 4.79 Å². The zero-order valence-electron chi connectivity index (χ0n) is 12.0. The van der Waals surface area contributed by atoms with Crippen LogP contribution in [0.2, 0.25) is 0 Å². The topological polar surface area (TPSA) is 78.5 Å². The van der Waals surface area contributed by atoms with Crippen molar-refractivity contribution in [2.45, 2.75) is 32.2 Å². The molecule has 0 saturated carbocycles. The summed E-state index contributed by atoms with van der Waals surface area (Å²) in [7, 11) is 0. The van der Waals surface area contributed by atoms with Crippen LogP contribution in [0.3, 0.4) is 0 Å². The fraction of sp³-hybridized carbons (Fsp3) is 0.500. The molecule has 112 valence electrons. The van der Waals surface area contributed by atoms with Crippen molar-refractivity contribution in [3.05, 3.63) is 21.4 Å². The molecule has 6 nitrogen and oxygen atoms in total. The molecule has 2 aliphatic rings.